The zero-order valence-corrected chi connectivity index (χ0v) is 16.9. The first-order valence-corrected chi connectivity index (χ1v) is 9.69. The molecule has 0 radical (unpaired) electrons. The number of benzene rings is 1. The van der Waals surface area contributed by atoms with E-state index >= 15 is 0 Å². The van der Waals surface area contributed by atoms with E-state index in [9.17, 15) is 18.4 Å². The summed E-state index contributed by atoms with van der Waals surface area (Å²) in [6.07, 6.45) is 1.88. The van der Waals surface area contributed by atoms with Crippen molar-refractivity contribution in [2.45, 2.75) is 51.8 Å². The molecule has 29 heavy (non-hydrogen) atoms. The number of amides is 1. The number of carbonyl (C=O) groups excluding carboxylic acids is 1. The van der Waals surface area contributed by atoms with Gasteiger partial charge in [0.05, 0.1) is 11.7 Å². The molecule has 1 N–H and O–H groups in total. The Bertz CT molecular complexity index is 947. The lowest BCUT2D eigenvalue weighted by atomic mass is 10.1. The van der Waals surface area contributed by atoms with E-state index in [-0.39, 0.29) is 29.2 Å². The van der Waals surface area contributed by atoms with Crippen molar-refractivity contribution in [2.75, 3.05) is 19.6 Å². The van der Waals surface area contributed by atoms with Crippen LogP contribution in [0.3, 0.4) is 0 Å². The standard InChI is InChI=1S/C20H26F2N4O3/c1-20(2,3)24-19(28)29-13-6-8-25(9-7-13)10-11-26-16(27)12-23-15-5-4-14(21)17(22)18(15)26/h4-5,12-13H,6-11H2,1-3H3,(H,24,28). The summed E-state index contributed by atoms with van der Waals surface area (Å²) in [6.45, 7) is 7.73. The number of alkyl carbamates (subject to hydrolysis) is 1. The topological polar surface area (TPSA) is 76.5 Å². The highest BCUT2D eigenvalue weighted by Gasteiger charge is 2.24. The number of carbonyl (C=O) groups is 1. The van der Waals surface area contributed by atoms with Crippen LogP contribution in [-0.4, -0.2) is 51.8 Å². The van der Waals surface area contributed by atoms with E-state index in [0.29, 0.717) is 32.5 Å². The third-order valence-electron chi connectivity index (χ3n) is 4.82. The first kappa shape index (κ1) is 21.2. The average Bonchev–Trinajstić information content (AvgIpc) is 2.63. The highest BCUT2D eigenvalue weighted by Crippen LogP contribution is 2.18. The summed E-state index contributed by atoms with van der Waals surface area (Å²) in [5, 5.41) is 2.77. The summed E-state index contributed by atoms with van der Waals surface area (Å²) in [4.78, 5) is 30.1. The number of nitrogens with zero attached hydrogens (tertiary/aromatic N) is 3. The number of piperidine rings is 1. The van der Waals surface area contributed by atoms with Gasteiger partial charge in [-0.2, -0.15) is 0 Å². The lowest BCUT2D eigenvalue weighted by molar-refractivity contribution is 0.0464. The molecule has 1 amide bonds. The van der Waals surface area contributed by atoms with Crippen LogP contribution in [0.2, 0.25) is 0 Å². The van der Waals surface area contributed by atoms with E-state index in [0.717, 1.165) is 12.3 Å². The van der Waals surface area contributed by atoms with Gasteiger partial charge in [0.1, 0.15) is 11.6 Å². The van der Waals surface area contributed by atoms with Crippen LogP contribution < -0.4 is 10.9 Å². The molecule has 3 rings (SSSR count). The molecule has 1 aromatic heterocycles. The fourth-order valence-electron chi connectivity index (χ4n) is 3.40. The predicted octanol–water partition coefficient (Wildman–Crippen LogP) is 2.66. The molecule has 0 atom stereocenters. The van der Waals surface area contributed by atoms with Crippen molar-refractivity contribution in [3.8, 4) is 0 Å². The van der Waals surface area contributed by atoms with Gasteiger partial charge in [0.25, 0.3) is 5.56 Å². The van der Waals surface area contributed by atoms with Crippen molar-refractivity contribution in [3.63, 3.8) is 0 Å². The fraction of sp³-hybridized carbons (Fsp3) is 0.550. The minimum atomic E-state index is -1.07. The molecule has 1 aliphatic heterocycles. The molecule has 158 valence electrons. The first-order chi connectivity index (χ1) is 13.6. The summed E-state index contributed by atoms with van der Waals surface area (Å²) < 4.78 is 34.6. The number of aromatic nitrogens is 2. The normalized spacial score (nSPS) is 16.2. The number of nitrogens with one attached hydrogen (secondary N) is 1. The predicted molar refractivity (Wildman–Crippen MR) is 105 cm³/mol. The van der Waals surface area contributed by atoms with Gasteiger partial charge in [0.15, 0.2) is 11.6 Å². The van der Waals surface area contributed by atoms with Crippen molar-refractivity contribution in [2.24, 2.45) is 0 Å². The summed E-state index contributed by atoms with van der Waals surface area (Å²) >= 11 is 0. The van der Waals surface area contributed by atoms with Crippen LogP contribution in [0.4, 0.5) is 13.6 Å². The lowest BCUT2D eigenvalue weighted by Crippen LogP contribution is -2.45. The lowest BCUT2D eigenvalue weighted by Gasteiger charge is -2.32. The van der Waals surface area contributed by atoms with Crippen LogP contribution in [0.25, 0.3) is 11.0 Å². The first-order valence-electron chi connectivity index (χ1n) is 9.69. The van der Waals surface area contributed by atoms with Crippen molar-refractivity contribution in [3.05, 3.63) is 40.3 Å². The Morgan fingerprint density at radius 2 is 1.93 bits per heavy atom. The molecule has 0 unspecified atom stereocenters. The molecule has 1 fully saturated rings. The minimum Gasteiger partial charge on any atom is -0.446 e. The molecule has 2 heterocycles. The third-order valence-corrected chi connectivity index (χ3v) is 4.82. The molecule has 1 aliphatic rings. The number of hydrogen-bond acceptors (Lipinski definition) is 5. The van der Waals surface area contributed by atoms with Gasteiger partial charge in [0.2, 0.25) is 0 Å². The smallest absolute Gasteiger partial charge is 0.407 e. The van der Waals surface area contributed by atoms with Gasteiger partial charge in [-0.3, -0.25) is 4.79 Å². The number of fused-ring (bicyclic) bond motifs is 1. The summed E-state index contributed by atoms with van der Waals surface area (Å²) in [5.41, 5.74) is -0.707. The number of hydrogen-bond donors (Lipinski definition) is 1. The number of halogens is 2. The Morgan fingerprint density at radius 1 is 1.24 bits per heavy atom. The second-order valence-electron chi connectivity index (χ2n) is 8.30. The molecule has 0 bridgehead atoms. The number of ether oxygens (including phenoxy) is 1. The van der Waals surface area contributed by atoms with Crippen LogP contribution in [0.1, 0.15) is 33.6 Å². The zero-order chi connectivity index (χ0) is 21.2. The molecule has 0 spiro atoms. The minimum absolute atomic E-state index is 0.116. The summed E-state index contributed by atoms with van der Waals surface area (Å²) in [6, 6.07) is 2.36. The summed E-state index contributed by atoms with van der Waals surface area (Å²) in [7, 11) is 0. The van der Waals surface area contributed by atoms with Crippen LogP contribution in [0, 0.1) is 11.6 Å². The van der Waals surface area contributed by atoms with E-state index < -0.39 is 23.3 Å². The SMILES string of the molecule is CC(C)(C)NC(=O)OC1CCN(CCn2c(=O)cnc3ccc(F)c(F)c32)CC1. The van der Waals surface area contributed by atoms with E-state index in [2.05, 4.69) is 15.2 Å². The second-order valence-corrected chi connectivity index (χ2v) is 8.30. The van der Waals surface area contributed by atoms with Crippen molar-refractivity contribution < 1.29 is 18.3 Å². The summed E-state index contributed by atoms with van der Waals surface area (Å²) in [5.74, 6) is -2.07. The third kappa shape index (κ3) is 5.29. The van der Waals surface area contributed by atoms with Crippen LogP contribution >= 0.6 is 0 Å². The molecule has 9 heteroatoms. The zero-order valence-electron chi connectivity index (χ0n) is 16.9. The van der Waals surface area contributed by atoms with Gasteiger partial charge in [-0.25, -0.2) is 18.6 Å². The Morgan fingerprint density at radius 3 is 2.59 bits per heavy atom. The molecule has 2 aromatic rings. The van der Waals surface area contributed by atoms with Gasteiger partial charge < -0.3 is 19.5 Å². The second kappa shape index (κ2) is 8.44. The molecule has 1 aromatic carbocycles. The van der Waals surface area contributed by atoms with Crippen LogP contribution in [-0.2, 0) is 11.3 Å². The quantitative estimate of drug-likeness (QED) is 0.842. The van der Waals surface area contributed by atoms with Gasteiger partial charge in [-0.15, -0.1) is 0 Å². The van der Waals surface area contributed by atoms with Crippen molar-refractivity contribution in [1.82, 2.24) is 19.8 Å². The van der Waals surface area contributed by atoms with Gasteiger partial charge in [0, 0.05) is 31.7 Å². The molecule has 0 aliphatic carbocycles. The average molecular weight is 408 g/mol. The maximum Gasteiger partial charge on any atom is 0.407 e. The van der Waals surface area contributed by atoms with E-state index in [1.165, 1.54) is 10.6 Å². The molecule has 0 saturated carbocycles. The van der Waals surface area contributed by atoms with Crippen molar-refractivity contribution >= 4 is 17.1 Å². The fourth-order valence-corrected chi connectivity index (χ4v) is 3.40. The van der Waals surface area contributed by atoms with E-state index in [1.807, 2.05) is 20.8 Å². The Hall–Kier alpha value is -2.55. The van der Waals surface area contributed by atoms with Crippen LogP contribution in [0.15, 0.2) is 23.1 Å². The van der Waals surface area contributed by atoms with Gasteiger partial charge in [-0.05, 0) is 45.7 Å². The molecular weight excluding hydrogens is 382 g/mol. The van der Waals surface area contributed by atoms with Crippen LogP contribution in [0.5, 0.6) is 0 Å². The van der Waals surface area contributed by atoms with Gasteiger partial charge in [-0.1, -0.05) is 0 Å². The Balaban J connectivity index is 1.59. The molecule has 7 nitrogen and oxygen atoms in total. The Kier molecular flexibility index (Phi) is 6.16. The highest BCUT2D eigenvalue weighted by molar-refractivity contribution is 5.75. The Labute approximate surface area is 167 Å². The number of rotatable bonds is 4. The molecular formula is C20H26F2N4O3. The number of likely N-dealkylation sites (tertiary alicyclic amines) is 1. The highest BCUT2D eigenvalue weighted by atomic mass is 19.2. The van der Waals surface area contributed by atoms with E-state index in [1.54, 1.807) is 0 Å². The molecule has 1 saturated heterocycles. The van der Waals surface area contributed by atoms with E-state index in [4.69, 9.17) is 4.74 Å². The largest absolute Gasteiger partial charge is 0.446 e. The monoisotopic (exact) mass is 408 g/mol. The van der Waals surface area contributed by atoms with Crippen molar-refractivity contribution in [1.29, 1.82) is 0 Å². The maximum atomic E-state index is 14.3. The van der Waals surface area contributed by atoms with Gasteiger partial charge >= 0.3 is 6.09 Å². The maximum absolute atomic E-state index is 14.3.